The van der Waals surface area contributed by atoms with Crippen LogP contribution >= 0.6 is 0 Å². The minimum atomic E-state index is -0.232. The van der Waals surface area contributed by atoms with E-state index in [9.17, 15) is 4.79 Å². The molecule has 118 valence electrons. The Labute approximate surface area is 126 Å². The van der Waals surface area contributed by atoms with Gasteiger partial charge in [-0.1, -0.05) is 0 Å². The monoisotopic (exact) mass is 294 g/mol. The van der Waals surface area contributed by atoms with Crippen molar-refractivity contribution in [3.05, 3.63) is 18.0 Å². The van der Waals surface area contributed by atoms with Crippen LogP contribution in [0.15, 0.2) is 17.4 Å². The highest BCUT2D eigenvalue weighted by atomic mass is 16.2. The third-order valence-corrected chi connectivity index (χ3v) is 2.45. The Balaban J connectivity index is 2.51. The summed E-state index contributed by atoms with van der Waals surface area (Å²) >= 11 is 0. The summed E-state index contributed by atoms with van der Waals surface area (Å²) in [4.78, 5) is 16.2. The van der Waals surface area contributed by atoms with Crippen molar-refractivity contribution in [1.82, 2.24) is 25.7 Å². The second-order valence-electron chi connectivity index (χ2n) is 5.87. The molecule has 21 heavy (non-hydrogen) atoms. The first-order valence-corrected chi connectivity index (χ1v) is 7.11. The van der Waals surface area contributed by atoms with Crippen molar-refractivity contribution >= 4 is 11.9 Å². The number of nitrogens with zero attached hydrogens (tertiary/aromatic N) is 3. The summed E-state index contributed by atoms with van der Waals surface area (Å²) in [6.07, 6.45) is 3.69. The van der Waals surface area contributed by atoms with Crippen LogP contribution in [0.25, 0.3) is 0 Å². The molecule has 0 saturated carbocycles. The summed E-state index contributed by atoms with van der Waals surface area (Å²) < 4.78 is 1.74. The Morgan fingerprint density at radius 1 is 1.38 bits per heavy atom. The Morgan fingerprint density at radius 2 is 2.10 bits per heavy atom. The predicted molar refractivity (Wildman–Crippen MR) is 83.9 cm³/mol. The van der Waals surface area contributed by atoms with Gasteiger partial charge < -0.3 is 16.0 Å². The number of hydrogen-bond donors (Lipinski definition) is 3. The average Bonchev–Trinajstić information content (AvgIpc) is 2.76. The number of nitrogens with one attached hydrogen (secondary N) is 3. The predicted octanol–water partition coefficient (Wildman–Crippen LogP) is 0.390. The van der Waals surface area contributed by atoms with Gasteiger partial charge in [-0.05, 0) is 27.7 Å². The maximum Gasteiger partial charge on any atom is 0.239 e. The fourth-order valence-electron chi connectivity index (χ4n) is 1.69. The fourth-order valence-corrected chi connectivity index (χ4v) is 1.69. The van der Waals surface area contributed by atoms with Gasteiger partial charge in [-0.2, -0.15) is 5.10 Å². The lowest BCUT2D eigenvalue weighted by molar-refractivity contribution is -0.121. The van der Waals surface area contributed by atoms with Gasteiger partial charge in [0.1, 0.15) is 0 Å². The molecule has 7 heteroatoms. The summed E-state index contributed by atoms with van der Waals surface area (Å²) in [6, 6.07) is 0. The van der Waals surface area contributed by atoms with Gasteiger partial charge in [-0.15, -0.1) is 0 Å². The molecule has 1 heterocycles. The van der Waals surface area contributed by atoms with E-state index in [-0.39, 0.29) is 18.0 Å². The van der Waals surface area contributed by atoms with Gasteiger partial charge in [0.15, 0.2) is 5.96 Å². The number of amides is 1. The van der Waals surface area contributed by atoms with E-state index in [1.54, 1.807) is 10.9 Å². The molecule has 0 bridgehead atoms. The van der Waals surface area contributed by atoms with Crippen LogP contribution in [0.2, 0.25) is 0 Å². The fraction of sp³-hybridized carbons (Fsp3) is 0.643. The van der Waals surface area contributed by atoms with E-state index in [2.05, 4.69) is 26.0 Å². The lowest BCUT2D eigenvalue weighted by Gasteiger charge is -2.21. The van der Waals surface area contributed by atoms with Crippen LogP contribution in [0.1, 0.15) is 33.3 Å². The molecular formula is C14H26N6O. The molecule has 0 saturated heterocycles. The number of guanidine groups is 1. The average molecular weight is 294 g/mol. The lowest BCUT2D eigenvalue weighted by atomic mass is 10.1. The number of rotatable bonds is 5. The molecule has 1 aromatic rings. The smallest absolute Gasteiger partial charge is 0.239 e. The van der Waals surface area contributed by atoms with Crippen LogP contribution in [0.3, 0.4) is 0 Å². The van der Waals surface area contributed by atoms with Crippen LogP contribution in [0.4, 0.5) is 0 Å². The maximum atomic E-state index is 11.8. The highest BCUT2D eigenvalue weighted by Crippen LogP contribution is 1.98. The van der Waals surface area contributed by atoms with Crippen LogP contribution in [-0.2, 0) is 18.4 Å². The second-order valence-corrected chi connectivity index (χ2v) is 5.87. The topological polar surface area (TPSA) is 83.3 Å². The van der Waals surface area contributed by atoms with Crippen molar-refractivity contribution in [3.8, 4) is 0 Å². The van der Waals surface area contributed by atoms with E-state index in [4.69, 9.17) is 0 Å². The standard InChI is InChI=1S/C14H26N6O/c1-6-15-13(16-7-11-8-18-20(5)10-11)17-9-12(21)19-14(2,3)4/h8,10H,6-7,9H2,1-5H3,(H,19,21)(H2,15,16,17). The molecule has 0 radical (unpaired) electrons. The van der Waals surface area contributed by atoms with Crippen LogP contribution in [0, 0.1) is 0 Å². The third kappa shape index (κ3) is 7.34. The lowest BCUT2D eigenvalue weighted by Crippen LogP contribution is -2.48. The summed E-state index contributed by atoms with van der Waals surface area (Å²) in [7, 11) is 1.87. The van der Waals surface area contributed by atoms with Crippen molar-refractivity contribution in [1.29, 1.82) is 0 Å². The van der Waals surface area contributed by atoms with Gasteiger partial charge in [-0.25, -0.2) is 4.99 Å². The summed E-state index contributed by atoms with van der Waals surface area (Å²) in [6.45, 7) is 9.28. The maximum absolute atomic E-state index is 11.8. The molecule has 1 rings (SSSR count). The molecule has 1 aromatic heterocycles. The summed E-state index contributed by atoms with van der Waals surface area (Å²) in [5, 5.41) is 13.1. The Kier molecular flexibility index (Phi) is 6.20. The van der Waals surface area contributed by atoms with Gasteiger partial charge in [0.05, 0.1) is 19.3 Å². The molecule has 0 unspecified atom stereocenters. The molecule has 0 aromatic carbocycles. The zero-order chi connectivity index (χ0) is 15.9. The molecule has 1 amide bonds. The molecule has 0 aliphatic carbocycles. The quantitative estimate of drug-likeness (QED) is 0.542. The zero-order valence-electron chi connectivity index (χ0n) is 13.5. The van der Waals surface area contributed by atoms with E-state index >= 15 is 0 Å². The Hall–Kier alpha value is -2.05. The van der Waals surface area contributed by atoms with E-state index < -0.39 is 0 Å². The first-order valence-electron chi connectivity index (χ1n) is 7.11. The zero-order valence-corrected chi connectivity index (χ0v) is 13.5. The molecule has 0 spiro atoms. The second kappa shape index (κ2) is 7.66. The molecule has 0 aliphatic heterocycles. The third-order valence-electron chi connectivity index (χ3n) is 2.45. The highest BCUT2D eigenvalue weighted by Gasteiger charge is 2.13. The Bertz CT molecular complexity index is 486. The number of carbonyl (C=O) groups is 1. The van der Waals surface area contributed by atoms with E-state index in [1.807, 2.05) is 40.9 Å². The van der Waals surface area contributed by atoms with Crippen molar-refractivity contribution in [3.63, 3.8) is 0 Å². The summed E-state index contributed by atoms with van der Waals surface area (Å²) in [5.74, 6) is 0.555. The number of aliphatic imine (C=N–C) groups is 1. The summed E-state index contributed by atoms with van der Waals surface area (Å²) in [5.41, 5.74) is 0.790. The molecule has 7 nitrogen and oxygen atoms in total. The van der Waals surface area contributed by atoms with Gasteiger partial charge in [0, 0.05) is 30.9 Å². The SMILES string of the molecule is CCNC(=NCc1cnn(C)c1)NCC(=O)NC(C)(C)C. The van der Waals surface area contributed by atoms with Crippen molar-refractivity contribution in [2.75, 3.05) is 13.1 Å². The van der Waals surface area contributed by atoms with Gasteiger partial charge in [-0.3, -0.25) is 9.48 Å². The van der Waals surface area contributed by atoms with Crippen molar-refractivity contribution in [2.45, 2.75) is 39.8 Å². The minimum absolute atomic E-state index is 0.0607. The van der Waals surface area contributed by atoms with Crippen molar-refractivity contribution in [2.24, 2.45) is 12.0 Å². The molecule has 3 N–H and O–H groups in total. The van der Waals surface area contributed by atoms with E-state index in [1.165, 1.54) is 0 Å². The largest absolute Gasteiger partial charge is 0.357 e. The first kappa shape index (κ1) is 17.0. The number of hydrogen-bond acceptors (Lipinski definition) is 3. The van der Waals surface area contributed by atoms with Gasteiger partial charge in [0.25, 0.3) is 0 Å². The van der Waals surface area contributed by atoms with Crippen LogP contribution in [-0.4, -0.2) is 40.3 Å². The van der Waals surface area contributed by atoms with Crippen molar-refractivity contribution < 1.29 is 4.79 Å². The highest BCUT2D eigenvalue weighted by molar-refractivity contribution is 5.86. The number of aromatic nitrogens is 2. The van der Waals surface area contributed by atoms with Crippen LogP contribution < -0.4 is 16.0 Å². The molecular weight excluding hydrogens is 268 g/mol. The van der Waals surface area contributed by atoms with E-state index in [0.717, 1.165) is 12.1 Å². The van der Waals surface area contributed by atoms with Gasteiger partial charge >= 0.3 is 0 Å². The number of aryl methyl sites for hydroxylation is 1. The first-order chi connectivity index (χ1) is 9.80. The Morgan fingerprint density at radius 3 is 2.62 bits per heavy atom. The molecule has 0 fully saturated rings. The molecule has 0 aliphatic rings. The minimum Gasteiger partial charge on any atom is -0.357 e. The van der Waals surface area contributed by atoms with Crippen LogP contribution in [0.5, 0.6) is 0 Å². The van der Waals surface area contributed by atoms with Gasteiger partial charge in [0.2, 0.25) is 5.91 Å². The molecule has 0 atom stereocenters. The number of carbonyl (C=O) groups excluding carboxylic acids is 1. The normalized spacial score (nSPS) is 12.1. The van der Waals surface area contributed by atoms with E-state index in [0.29, 0.717) is 12.5 Å².